The number of nitrogens with one attached hydrogen (secondary N) is 1. The van der Waals surface area contributed by atoms with Gasteiger partial charge < -0.3 is 9.30 Å². The van der Waals surface area contributed by atoms with Crippen molar-refractivity contribution in [3.8, 4) is 5.75 Å². The minimum Gasteiger partial charge on any atom is -0.497 e. The van der Waals surface area contributed by atoms with Gasteiger partial charge in [-0.3, -0.25) is 13.9 Å². The molecule has 2 heterocycles. The Morgan fingerprint density at radius 2 is 1.86 bits per heavy atom. The molecule has 0 unspecified atom stereocenters. The summed E-state index contributed by atoms with van der Waals surface area (Å²) in [5.41, 5.74) is 3.69. The van der Waals surface area contributed by atoms with Crippen LogP contribution in [0.25, 0.3) is 11.2 Å². The van der Waals surface area contributed by atoms with Crippen LogP contribution in [0.3, 0.4) is 0 Å². The number of imidazole rings is 1. The molecule has 0 amide bonds. The summed E-state index contributed by atoms with van der Waals surface area (Å²) in [6, 6.07) is 7.44. The highest BCUT2D eigenvalue weighted by molar-refractivity contribution is 5.80. The number of hydrazone groups is 1. The van der Waals surface area contributed by atoms with Gasteiger partial charge in [0, 0.05) is 20.6 Å². The number of benzene rings is 1. The van der Waals surface area contributed by atoms with E-state index in [1.54, 1.807) is 24.9 Å². The van der Waals surface area contributed by atoms with Crippen LogP contribution in [0, 0.1) is 5.92 Å². The maximum atomic E-state index is 12.7. The van der Waals surface area contributed by atoms with Gasteiger partial charge >= 0.3 is 5.69 Å². The standard InChI is InChI=1S/C19H24N6O3/c1-12(2)11-25-15-16(23(3)19(27)24(4)17(15)26)21-18(25)22-20-10-13-6-8-14(28-5)9-7-13/h6-10,12H,11H2,1-5H3,(H,21,22)/b20-10+. The molecule has 1 aromatic carbocycles. The fourth-order valence-corrected chi connectivity index (χ4v) is 2.93. The van der Waals surface area contributed by atoms with Crippen molar-refractivity contribution >= 4 is 23.3 Å². The largest absolute Gasteiger partial charge is 0.497 e. The molecule has 0 aliphatic rings. The molecule has 0 spiro atoms. The Morgan fingerprint density at radius 3 is 2.46 bits per heavy atom. The van der Waals surface area contributed by atoms with Crippen molar-refractivity contribution in [2.24, 2.45) is 25.1 Å². The highest BCUT2D eigenvalue weighted by atomic mass is 16.5. The molecule has 3 rings (SSSR count). The van der Waals surface area contributed by atoms with Gasteiger partial charge in [-0.1, -0.05) is 13.8 Å². The minimum atomic E-state index is -0.417. The Hall–Kier alpha value is -3.36. The Morgan fingerprint density at radius 1 is 1.18 bits per heavy atom. The lowest BCUT2D eigenvalue weighted by Gasteiger charge is -2.11. The molecule has 0 aliphatic heterocycles. The Labute approximate surface area is 161 Å². The van der Waals surface area contributed by atoms with E-state index in [0.717, 1.165) is 15.9 Å². The average molecular weight is 384 g/mol. The summed E-state index contributed by atoms with van der Waals surface area (Å²) in [5, 5.41) is 4.24. The summed E-state index contributed by atoms with van der Waals surface area (Å²) < 4.78 is 9.36. The van der Waals surface area contributed by atoms with E-state index in [1.165, 1.54) is 11.6 Å². The SMILES string of the molecule is COc1ccc(/C=N/Nc2nc3c(c(=O)n(C)c(=O)n3C)n2CC(C)C)cc1. The third-order valence-corrected chi connectivity index (χ3v) is 4.39. The minimum absolute atomic E-state index is 0.269. The fraction of sp³-hybridized carbons (Fsp3) is 0.368. The van der Waals surface area contributed by atoms with Gasteiger partial charge in [-0.25, -0.2) is 10.2 Å². The van der Waals surface area contributed by atoms with Crippen LogP contribution in [0.4, 0.5) is 5.95 Å². The lowest BCUT2D eigenvalue weighted by Crippen LogP contribution is -2.37. The Balaban J connectivity index is 2.03. The highest BCUT2D eigenvalue weighted by Crippen LogP contribution is 2.18. The molecule has 148 valence electrons. The number of ether oxygens (including phenoxy) is 1. The zero-order chi connectivity index (χ0) is 20.4. The van der Waals surface area contributed by atoms with Crippen LogP contribution in [0.5, 0.6) is 5.75 Å². The molecule has 9 nitrogen and oxygen atoms in total. The van der Waals surface area contributed by atoms with E-state index in [0.29, 0.717) is 23.7 Å². The van der Waals surface area contributed by atoms with Crippen LogP contribution in [0.2, 0.25) is 0 Å². The van der Waals surface area contributed by atoms with Gasteiger partial charge in [0.15, 0.2) is 11.2 Å². The average Bonchev–Trinajstić information content (AvgIpc) is 3.03. The van der Waals surface area contributed by atoms with Crippen LogP contribution in [-0.2, 0) is 20.6 Å². The lowest BCUT2D eigenvalue weighted by atomic mass is 10.2. The number of aromatic nitrogens is 4. The predicted octanol–water partition coefficient (Wildman–Crippen LogP) is 1.54. The first kappa shape index (κ1) is 19.4. The second-order valence-electron chi connectivity index (χ2n) is 6.96. The van der Waals surface area contributed by atoms with Crippen molar-refractivity contribution < 1.29 is 4.74 Å². The van der Waals surface area contributed by atoms with Gasteiger partial charge in [-0.05, 0) is 35.7 Å². The molecule has 2 aromatic heterocycles. The van der Waals surface area contributed by atoms with Gasteiger partial charge in [-0.2, -0.15) is 10.1 Å². The molecule has 1 N–H and O–H groups in total. The fourth-order valence-electron chi connectivity index (χ4n) is 2.93. The summed E-state index contributed by atoms with van der Waals surface area (Å²) in [7, 11) is 4.68. The molecule has 0 atom stereocenters. The zero-order valence-corrected chi connectivity index (χ0v) is 16.6. The highest BCUT2D eigenvalue weighted by Gasteiger charge is 2.19. The number of methoxy groups -OCH3 is 1. The van der Waals surface area contributed by atoms with E-state index < -0.39 is 5.69 Å². The van der Waals surface area contributed by atoms with Crippen LogP contribution in [-0.4, -0.2) is 32.0 Å². The number of hydrogen-bond acceptors (Lipinski definition) is 6. The van der Waals surface area contributed by atoms with E-state index in [2.05, 4.69) is 15.5 Å². The van der Waals surface area contributed by atoms with Gasteiger partial charge in [0.05, 0.1) is 13.3 Å². The molecule has 0 fully saturated rings. The van der Waals surface area contributed by atoms with E-state index >= 15 is 0 Å². The lowest BCUT2D eigenvalue weighted by molar-refractivity contribution is 0.415. The molecule has 0 saturated carbocycles. The number of aryl methyl sites for hydroxylation is 1. The maximum Gasteiger partial charge on any atom is 0.332 e. The first-order chi connectivity index (χ1) is 13.3. The molecular weight excluding hydrogens is 360 g/mol. The maximum absolute atomic E-state index is 12.7. The first-order valence-corrected chi connectivity index (χ1v) is 8.92. The summed E-state index contributed by atoms with van der Waals surface area (Å²) in [4.78, 5) is 29.4. The molecule has 3 aromatic rings. The van der Waals surface area contributed by atoms with Crippen LogP contribution in [0.1, 0.15) is 19.4 Å². The van der Waals surface area contributed by atoms with Crippen molar-refractivity contribution in [1.29, 1.82) is 0 Å². The number of anilines is 1. The van der Waals surface area contributed by atoms with Crippen LogP contribution < -0.4 is 21.4 Å². The van der Waals surface area contributed by atoms with E-state index in [4.69, 9.17) is 4.74 Å². The van der Waals surface area contributed by atoms with Gasteiger partial charge in [0.25, 0.3) is 5.56 Å². The second kappa shape index (κ2) is 7.71. The van der Waals surface area contributed by atoms with Crippen molar-refractivity contribution in [2.45, 2.75) is 20.4 Å². The Kier molecular flexibility index (Phi) is 5.34. The van der Waals surface area contributed by atoms with Crippen molar-refractivity contribution in [2.75, 3.05) is 12.5 Å². The number of fused-ring (bicyclic) bond motifs is 1. The molecule has 28 heavy (non-hydrogen) atoms. The third kappa shape index (κ3) is 3.55. The first-order valence-electron chi connectivity index (χ1n) is 8.92. The number of hydrogen-bond donors (Lipinski definition) is 1. The van der Waals surface area contributed by atoms with E-state index in [9.17, 15) is 9.59 Å². The van der Waals surface area contributed by atoms with Crippen LogP contribution in [0.15, 0.2) is 39.0 Å². The molecule has 0 bridgehead atoms. The molecule has 0 aliphatic carbocycles. The molecule has 9 heteroatoms. The summed E-state index contributed by atoms with van der Waals surface area (Å²) in [5.74, 6) is 1.44. The van der Waals surface area contributed by atoms with Gasteiger partial charge in [0.1, 0.15) is 5.75 Å². The van der Waals surface area contributed by atoms with Crippen molar-refractivity contribution in [3.05, 3.63) is 50.7 Å². The van der Waals surface area contributed by atoms with E-state index in [1.807, 2.05) is 38.1 Å². The number of rotatable bonds is 6. The predicted molar refractivity (Wildman–Crippen MR) is 109 cm³/mol. The smallest absolute Gasteiger partial charge is 0.332 e. The normalized spacial score (nSPS) is 11.6. The second-order valence-corrected chi connectivity index (χ2v) is 6.96. The van der Waals surface area contributed by atoms with Crippen molar-refractivity contribution in [1.82, 2.24) is 18.7 Å². The molecule has 0 radical (unpaired) electrons. The van der Waals surface area contributed by atoms with E-state index in [-0.39, 0.29) is 11.5 Å². The van der Waals surface area contributed by atoms with Gasteiger partial charge in [-0.15, -0.1) is 0 Å². The monoisotopic (exact) mass is 384 g/mol. The van der Waals surface area contributed by atoms with Gasteiger partial charge in [0.2, 0.25) is 5.95 Å². The summed E-state index contributed by atoms with van der Waals surface area (Å²) in [6.45, 7) is 4.65. The summed E-state index contributed by atoms with van der Waals surface area (Å²) >= 11 is 0. The topological polar surface area (TPSA) is 95.4 Å². The zero-order valence-electron chi connectivity index (χ0n) is 16.6. The molecule has 0 saturated heterocycles. The number of nitrogens with zero attached hydrogens (tertiary/aromatic N) is 5. The Bertz CT molecular complexity index is 1140. The quantitative estimate of drug-likeness (QED) is 0.514. The summed E-state index contributed by atoms with van der Waals surface area (Å²) in [6.07, 6.45) is 1.65. The van der Waals surface area contributed by atoms with Crippen LogP contribution >= 0.6 is 0 Å². The third-order valence-electron chi connectivity index (χ3n) is 4.39. The van der Waals surface area contributed by atoms with Crippen molar-refractivity contribution in [3.63, 3.8) is 0 Å². The molecular formula is C19H24N6O3.